The van der Waals surface area contributed by atoms with E-state index in [-0.39, 0.29) is 18.8 Å². The molecule has 10 heteroatoms. The number of rotatable bonds is 4. The molecular formula is C22H20ClF2N3O4. The van der Waals surface area contributed by atoms with Gasteiger partial charge in [-0.05, 0) is 49.6 Å². The molecule has 1 N–H and O–H groups in total. The van der Waals surface area contributed by atoms with Gasteiger partial charge in [0.25, 0.3) is 5.91 Å². The number of likely N-dealkylation sites (tertiary alicyclic amines) is 1. The predicted molar refractivity (Wildman–Crippen MR) is 114 cm³/mol. The summed E-state index contributed by atoms with van der Waals surface area (Å²) in [5, 5.41) is 2.87. The minimum atomic E-state index is -0.822. The van der Waals surface area contributed by atoms with Crippen LogP contribution in [0.25, 0.3) is 0 Å². The second-order valence-electron chi connectivity index (χ2n) is 7.63. The normalized spacial score (nSPS) is 18.1. The molecule has 2 aromatic rings. The molecule has 0 unspecified atom stereocenters. The fraction of sp³-hybridized carbons (Fsp3) is 0.318. The average molecular weight is 464 g/mol. The van der Waals surface area contributed by atoms with E-state index in [1.807, 2.05) is 0 Å². The number of nitrogens with zero attached hydrogens (tertiary/aromatic N) is 2. The Kier molecular flexibility index (Phi) is 6.27. The van der Waals surface area contributed by atoms with Crippen LogP contribution in [-0.4, -0.2) is 48.4 Å². The molecule has 32 heavy (non-hydrogen) atoms. The van der Waals surface area contributed by atoms with Gasteiger partial charge in [0.1, 0.15) is 30.0 Å². The van der Waals surface area contributed by atoms with Gasteiger partial charge in [0.05, 0.1) is 5.69 Å². The first-order chi connectivity index (χ1) is 15.3. The van der Waals surface area contributed by atoms with Crippen LogP contribution in [0.1, 0.15) is 19.3 Å². The number of nitrogens with one attached hydrogen (secondary N) is 1. The summed E-state index contributed by atoms with van der Waals surface area (Å²) in [6, 6.07) is 6.67. The quantitative estimate of drug-likeness (QED) is 0.754. The van der Waals surface area contributed by atoms with Gasteiger partial charge in [-0.15, -0.1) is 0 Å². The number of carbonyl (C=O) groups is 3. The van der Waals surface area contributed by atoms with Gasteiger partial charge >= 0.3 is 0 Å². The van der Waals surface area contributed by atoms with Crippen molar-refractivity contribution in [2.75, 3.05) is 29.9 Å². The Morgan fingerprint density at radius 2 is 1.88 bits per heavy atom. The third-order valence-electron chi connectivity index (χ3n) is 5.41. The standard InChI is InChI=1S/C22H20ClF2N3O4/c23-13-4-5-19-18(7-13)28(21(30)12-32-19)11-20(29)27-6-2-1-3-17(27)22(31)26-16-9-14(24)8-15(25)10-16/h4-5,7-10,17H,1-3,6,11-12H2,(H,26,31)/t17-/m0/s1. The van der Waals surface area contributed by atoms with Crippen LogP contribution in [0.3, 0.4) is 0 Å². The Hall–Kier alpha value is -3.20. The van der Waals surface area contributed by atoms with E-state index < -0.39 is 35.4 Å². The van der Waals surface area contributed by atoms with E-state index in [0.29, 0.717) is 48.3 Å². The van der Waals surface area contributed by atoms with E-state index in [0.717, 1.165) is 12.1 Å². The summed E-state index contributed by atoms with van der Waals surface area (Å²) in [5.41, 5.74) is 0.354. The molecule has 2 aliphatic rings. The van der Waals surface area contributed by atoms with Gasteiger partial charge in [-0.1, -0.05) is 11.6 Å². The van der Waals surface area contributed by atoms with Crippen molar-refractivity contribution in [1.82, 2.24) is 4.90 Å². The Labute approximate surface area is 187 Å². The van der Waals surface area contributed by atoms with Crippen molar-refractivity contribution in [2.24, 2.45) is 0 Å². The van der Waals surface area contributed by atoms with E-state index in [1.54, 1.807) is 18.2 Å². The lowest BCUT2D eigenvalue weighted by Gasteiger charge is -2.37. The zero-order chi connectivity index (χ0) is 22.8. The molecule has 0 spiro atoms. The average Bonchev–Trinajstić information content (AvgIpc) is 2.75. The molecule has 2 aromatic carbocycles. The second-order valence-corrected chi connectivity index (χ2v) is 8.06. The van der Waals surface area contributed by atoms with Gasteiger partial charge in [-0.3, -0.25) is 19.3 Å². The lowest BCUT2D eigenvalue weighted by Crippen LogP contribution is -2.54. The van der Waals surface area contributed by atoms with Gasteiger partial charge in [0, 0.05) is 23.3 Å². The molecule has 0 bridgehead atoms. The topological polar surface area (TPSA) is 79.0 Å². The third kappa shape index (κ3) is 4.67. The maximum Gasteiger partial charge on any atom is 0.265 e. The number of hydrogen-bond donors (Lipinski definition) is 1. The van der Waals surface area contributed by atoms with E-state index in [9.17, 15) is 23.2 Å². The molecule has 168 valence electrons. The van der Waals surface area contributed by atoms with Gasteiger partial charge in [-0.25, -0.2) is 8.78 Å². The molecule has 0 saturated carbocycles. The Balaban J connectivity index is 1.51. The lowest BCUT2D eigenvalue weighted by atomic mass is 10.0. The highest BCUT2D eigenvalue weighted by Crippen LogP contribution is 2.34. The summed E-state index contributed by atoms with van der Waals surface area (Å²) < 4.78 is 32.3. The molecule has 2 aliphatic heterocycles. The Morgan fingerprint density at radius 1 is 1.12 bits per heavy atom. The van der Waals surface area contributed by atoms with Crippen molar-refractivity contribution >= 4 is 40.7 Å². The minimum Gasteiger partial charge on any atom is -0.482 e. The van der Waals surface area contributed by atoms with Crippen LogP contribution < -0.4 is 15.0 Å². The zero-order valence-electron chi connectivity index (χ0n) is 16.9. The summed E-state index contributed by atoms with van der Waals surface area (Å²) in [7, 11) is 0. The van der Waals surface area contributed by atoms with Crippen molar-refractivity contribution in [3.63, 3.8) is 0 Å². The number of fused-ring (bicyclic) bond motifs is 1. The molecule has 0 aromatic heterocycles. The molecule has 1 atom stereocenters. The molecule has 3 amide bonds. The molecule has 1 saturated heterocycles. The first kappa shape index (κ1) is 22.0. The molecule has 7 nitrogen and oxygen atoms in total. The van der Waals surface area contributed by atoms with Crippen LogP contribution in [0.5, 0.6) is 5.75 Å². The van der Waals surface area contributed by atoms with Crippen molar-refractivity contribution in [1.29, 1.82) is 0 Å². The number of benzene rings is 2. The molecule has 1 fully saturated rings. The smallest absolute Gasteiger partial charge is 0.265 e. The highest BCUT2D eigenvalue weighted by Gasteiger charge is 2.35. The van der Waals surface area contributed by atoms with Crippen LogP contribution in [0.4, 0.5) is 20.2 Å². The van der Waals surface area contributed by atoms with Gasteiger partial charge < -0.3 is 15.0 Å². The summed E-state index contributed by atoms with van der Waals surface area (Å²) in [6.45, 7) is -0.166. The predicted octanol–water partition coefficient (Wildman–Crippen LogP) is 3.36. The summed E-state index contributed by atoms with van der Waals surface area (Å²) in [4.78, 5) is 41.1. The maximum atomic E-state index is 13.5. The maximum absolute atomic E-state index is 13.5. The SMILES string of the molecule is O=C(Nc1cc(F)cc(F)c1)[C@@H]1CCCCN1C(=O)CN1C(=O)COc2ccc(Cl)cc21. The van der Waals surface area contributed by atoms with E-state index in [4.69, 9.17) is 16.3 Å². The molecular weight excluding hydrogens is 444 g/mol. The van der Waals surface area contributed by atoms with Gasteiger partial charge in [-0.2, -0.15) is 0 Å². The zero-order valence-corrected chi connectivity index (χ0v) is 17.7. The van der Waals surface area contributed by atoms with Crippen LogP contribution in [0.2, 0.25) is 5.02 Å². The van der Waals surface area contributed by atoms with Crippen molar-refractivity contribution in [2.45, 2.75) is 25.3 Å². The molecule has 0 aliphatic carbocycles. The molecule has 2 heterocycles. The van der Waals surface area contributed by atoms with Crippen molar-refractivity contribution < 1.29 is 27.9 Å². The Morgan fingerprint density at radius 3 is 2.62 bits per heavy atom. The lowest BCUT2D eigenvalue weighted by molar-refractivity contribution is -0.140. The largest absolute Gasteiger partial charge is 0.482 e. The number of hydrogen-bond acceptors (Lipinski definition) is 4. The van der Waals surface area contributed by atoms with Crippen LogP contribution >= 0.6 is 11.6 Å². The number of halogens is 3. The monoisotopic (exact) mass is 463 g/mol. The fourth-order valence-electron chi connectivity index (χ4n) is 3.93. The number of ether oxygens (including phenoxy) is 1. The number of carbonyl (C=O) groups excluding carboxylic acids is 3. The minimum absolute atomic E-state index is 0.0302. The summed E-state index contributed by atoms with van der Waals surface area (Å²) >= 11 is 6.04. The van der Waals surface area contributed by atoms with Crippen LogP contribution in [0.15, 0.2) is 36.4 Å². The Bertz CT molecular complexity index is 1060. The highest BCUT2D eigenvalue weighted by molar-refractivity contribution is 6.31. The summed E-state index contributed by atoms with van der Waals surface area (Å²) in [5.74, 6) is -2.57. The van der Waals surface area contributed by atoms with E-state index in [2.05, 4.69) is 5.32 Å². The van der Waals surface area contributed by atoms with Crippen LogP contribution in [-0.2, 0) is 14.4 Å². The fourth-order valence-corrected chi connectivity index (χ4v) is 4.10. The van der Waals surface area contributed by atoms with Crippen molar-refractivity contribution in [3.05, 3.63) is 53.1 Å². The molecule has 4 rings (SSSR count). The van der Waals surface area contributed by atoms with Gasteiger partial charge in [0.2, 0.25) is 11.8 Å². The van der Waals surface area contributed by atoms with Crippen molar-refractivity contribution in [3.8, 4) is 5.75 Å². The highest BCUT2D eigenvalue weighted by atomic mass is 35.5. The molecule has 0 radical (unpaired) electrons. The number of piperidine rings is 1. The van der Waals surface area contributed by atoms with E-state index in [1.165, 1.54) is 9.80 Å². The third-order valence-corrected chi connectivity index (χ3v) is 5.65. The first-order valence-corrected chi connectivity index (χ1v) is 10.5. The van der Waals surface area contributed by atoms with Crippen LogP contribution in [0, 0.1) is 11.6 Å². The summed E-state index contributed by atoms with van der Waals surface area (Å²) in [6.07, 6.45) is 1.81. The second kappa shape index (κ2) is 9.12. The first-order valence-electron chi connectivity index (χ1n) is 10.1. The number of amides is 3. The van der Waals surface area contributed by atoms with E-state index >= 15 is 0 Å². The van der Waals surface area contributed by atoms with Gasteiger partial charge in [0.15, 0.2) is 6.61 Å². The number of anilines is 2.